The molecule has 1 aromatic heterocycles. The second-order valence-corrected chi connectivity index (χ2v) is 4.20. The number of unbranched alkanes of at least 4 members (excludes halogenated alkanes) is 2. The van der Waals surface area contributed by atoms with Gasteiger partial charge in [0.2, 0.25) is 0 Å². The van der Waals surface area contributed by atoms with Crippen molar-refractivity contribution in [3.8, 4) is 0 Å². The summed E-state index contributed by atoms with van der Waals surface area (Å²) in [5.74, 6) is 0.980. The Balaban J connectivity index is 2.33. The zero-order valence-corrected chi connectivity index (χ0v) is 10.4. The molecule has 0 fully saturated rings. The number of nitrogens with two attached hydrogens (primary N) is 1. The van der Waals surface area contributed by atoms with E-state index in [4.69, 9.17) is 5.73 Å². The molecule has 1 aromatic rings. The minimum atomic E-state index is 0.0709. The van der Waals surface area contributed by atoms with Crippen molar-refractivity contribution in [3.63, 3.8) is 0 Å². The van der Waals surface area contributed by atoms with Gasteiger partial charge in [-0.2, -0.15) is 0 Å². The first kappa shape index (κ1) is 13.2. The lowest BCUT2D eigenvalue weighted by atomic mass is 10.1. The summed E-state index contributed by atoms with van der Waals surface area (Å²) in [6.45, 7) is 4.34. The lowest BCUT2D eigenvalue weighted by molar-refractivity contribution is 0.393. The zero-order valence-electron chi connectivity index (χ0n) is 10.4. The van der Waals surface area contributed by atoms with Gasteiger partial charge in [-0.05, 0) is 12.8 Å². The Hall–Kier alpha value is -0.870. The highest BCUT2D eigenvalue weighted by atomic mass is 15.1. The Labute approximate surface area is 98.0 Å². The van der Waals surface area contributed by atoms with Crippen LogP contribution in [-0.2, 0) is 0 Å². The first-order valence-corrected chi connectivity index (χ1v) is 6.28. The van der Waals surface area contributed by atoms with Gasteiger partial charge in [0.1, 0.15) is 5.82 Å². The van der Waals surface area contributed by atoms with Crippen LogP contribution in [0.5, 0.6) is 0 Å². The number of imidazole rings is 1. The van der Waals surface area contributed by atoms with Gasteiger partial charge in [-0.1, -0.05) is 33.1 Å². The molecule has 0 aliphatic heterocycles. The molecule has 0 amide bonds. The van der Waals surface area contributed by atoms with Gasteiger partial charge in [0.15, 0.2) is 0 Å². The molecule has 2 unspecified atom stereocenters. The van der Waals surface area contributed by atoms with E-state index in [1.54, 1.807) is 6.20 Å². The molecule has 1 rings (SSSR count). The predicted octanol–water partition coefficient (Wildman–Crippen LogP) is 2.32. The van der Waals surface area contributed by atoms with Crippen LogP contribution in [0.3, 0.4) is 0 Å². The van der Waals surface area contributed by atoms with Crippen molar-refractivity contribution in [3.05, 3.63) is 18.2 Å². The van der Waals surface area contributed by atoms with Gasteiger partial charge in [0, 0.05) is 12.4 Å². The number of rotatable bonds is 8. The maximum absolute atomic E-state index is 6.04. The number of aromatic nitrogens is 2. The van der Waals surface area contributed by atoms with E-state index in [9.17, 15) is 0 Å². The largest absolute Gasteiger partial charge is 0.347 e. The molecule has 0 saturated carbocycles. The predicted molar refractivity (Wildman–Crippen MR) is 66.9 cm³/mol. The summed E-state index contributed by atoms with van der Waals surface area (Å²) in [7, 11) is 0. The molecule has 1 heterocycles. The normalized spacial score (nSPS) is 14.9. The second kappa shape index (κ2) is 7.41. The van der Waals surface area contributed by atoms with Gasteiger partial charge < -0.3 is 10.7 Å². The zero-order chi connectivity index (χ0) is 11.8. The van der Waals surface area contributed by atoms with Crippen LogP contribution in [0.15, 0.2) is 12.4 Å². The first-order valence-electron chi connectivity index (χ1n) is 6.28. The highest BCUT2D eigenvalue weighted by Gasteiger charge is 2.14. The molecule has 92 valence electrons. The number of hydrogen-bond donors (Lipinski definition) is 3. The third-order valence-electron chi connectivity index (χ3n) is 2.79. The number of aromatic amines is 1. The Morgan fingerprint density at radius 1 is 1.44 bits per heavy atom. The maximum Gasteiger partial charge on any atom is 0.123 e. The molecule has 2 atom stereocenters. The number of nitrogens with zero attached hydrogens (tertiary/aromatic N) is 1. The summed E-state index contributed by atoms with van der Waals surface area (Å²) in [5.41, 5.74) is 6.04. The third-order valence-corrected chi connectivity index (χ3v) is 2.79. The fourth-order valence-corrected chi connectivity index (χ4v) is 1.81. The Bertz CT molecular complexity index is 258. The molecule has 4 N–H and O–H groups in total. The SMILES string of the molecule is CCCCCC(N)NC(CC)c1ncc[nH]1. The van der Waals surface area contributed by atoms with E-state index < -0.39 is 0 Å². The maximum atomic E-state index is 6.04. The molecule has 0 bridgehead atoms. The number of hydrogen-bond acceptors (Lipinski definition) is 3. The van der Waals surface area contributed by atoms with Crippen LogP contribution in [0.1, 0.15) is 57.8 Å². The van der Waals surface area contributed by atoms with Crippen LogP contribution < -0.4 is 11.1 Å². The van der Waals surface area contributed by atoms with Crippen LogP contribution in [0, 0.1) is 0 Å². The second-order valence-electron chi connectivity index (χ2n) is 4.20. The van der Waals surface area contributed by atoms with E-state index >= 15 is 0 Å². The van der Waals surface area contributed by atoms with E-state index in [1.165, 1.54) is 19.3 Å². The average molecular weight is 224 g/mol. The van der Waals surface area contributed by atoms with Gasteiger partial charge in [0.25, 0.3) is 0 Å². The van der Waals surface area contributed by atoms with E-state index in [0.29, 0.717) is 0 Å². The van der Waals surface area contributed by atoms with Crippen LogP contribution in [0.2, 0.25) is 0 Å². The smallest absolute Gasteiger partial charge is 0.123 e. The molecule has 4 heteroatoms. The van der Waals surface area contributed by atoms with Crippen LogP contribution in [0.25, 0.3) is 0 Å². The van der Waals surface area contributed by atoms with Gasteiger partial charge in [-0.3, -0.25) is 5.32 Å². The summed E-state index contributed by atoms with van der Waals surface area (Å²) in [4.78, 5) is 7.39. The summed E-state index contributed by atoms with van der Waals surface area (Å²) in [5, 5.41) is 3.41. The van der Waals surface area contributed by atoms with E-state index in [2.05, 4.69) is 29.1 Å². The third kappa shape index (κ3) is 4.33. The van der Waals surface area contributed by atoms with Crippen LogP contribution in [0.4, 0.5) is 0 Å². The van der Waals surface area contributed by atoms with E-state index in [-0.39, 0.29) is 12.2 Å². The Morgan fingerprint density at radius 3 is 2.81 bits per heavy atom. The number of nitrogens with one attached hydrogen (secondary N) is 2. The van der Waals surface area contributed by atoms with Crippen molar-refractivity contribution in [1.82, 2.24) is 15.3 Å². The molecule has 0 aromatic carbocycles. The lowest BCUT2D eigenvalue weighted by Crippen LogP contribution is -2.40. The molecule has 0 spiro atoms. The molecular formula is C12H24N4. The van der Waals surface area contributed by atoms with Crippen molar-refractivity contribution < 1.29 is 0 Å². The van der Waals surface area contributed by atoms with E-state index in [0.717, 1.165) is 18.7 Å². The molecule has 4 nitrogen and oxygen atoms in total. The molecule has 0 saturated heterocycles. The number of H-pyrrole nitrogens is 1. The molecule has 16 heavy (non-hydrogen) atoms. The van der Waals surface area contributed by atoms with Gasteiger partial charge in [-0.25, -0.2) is 4.98 Å². The minimum absolute atomic E-state index is 0.0709. The monoisotopic (exact) mass is 224 g/mol. The summed E-state index contributed by atoms with van der Waals surface area (Å²) in [6.07, 6.45) is 9.42. The highest BCUT2D eigenvalue weighted by Crippen LogP contribution is 2.12. The fourth-order valence-electron chi connectivity index (χ4n) is 1.81. The minimum Gasteiger partial charge on any atom is -0.347 e. The van der Waals surface area contributed by atoms with Crippen molar-refractivity contribution in [2.24, 2.45) is 5.73 Å². The summed E-state index contributed by atoms with van der Waals surface area (Å²) >= 11 is 0. The topological polar surface area (TPSA) is 66.7 Å². The molecule has 0 radical (unpaired) electrons. The van der Waals surface area contributed by atoms with Gasteiger partial charge in [-0.15, -0.1) is 0 Å². The molecule has 0 aliphatic rings. The molecular weight excluding hydrogens is 200 g/mol. The van der Waals surface area contributed by atoms with Crippen molar-refractivity contribution >= 4 is 0 Å². The molecule has 0 aliphatic carbocycles. The van der Waals surface area contributed by atoms with Crippen molar-refractivity contribution in [2.45, 2.75) is 58.2 Å². The average Bonchev–Trinajstić information content (AvgIpc) is 2.79. The first-order chi connectivity index (χ1) is 7.77. The van der Waals surface area contributed by atoms with Gasteiger partial charge >= 0.3 is 0 Å². The lowest BCUT2D eigenvalue weighted by Gasteiger charge is -2.20. The van der Waals surface area contributed by atoms with Crippen LogP contribution >= 0.6 is 0 Å². The standard InChI is InChI=1S/C12H24N4/c1-3-5-6-7-11(13)16-10(4-2)12-14-8-9-15-12/h8-11,16H,3-7,13H2,1-2H3,(H,14,15). The summed E-state index contributed by atoms with van der Waals surface area (Å²) < 4.78 is 0. The highest BCUT2D eigenvalue weighted by molar-refractivity contribution is 4.95. The fraction of sp³-hybridized carbons (Fsp3) is 0.750. The van der Waals surface area contributed by atoms with Crippen LogP contribution in [-0.4, -0.2) is 16.1 Å². The van der Waals surface area contributed by atoms with E-state index in [1.807, 2.05) is 6.20 Å². The summed E-state index contributed by atoms with van der Waals surface area (Å²) in [6, 6.07) is 0.242. The Kier molecular flexibility index (Phi) is 6.11. The van der Waals surface area contributed by atoms with Crippen molar-refractivity contribution in [1.29, 1.82) is 0 Å². The van der Waals surface area contributed by atoms with Crippen molar-refractivity contribution in [2.75, 3.05) is 0 Å². The quantitative estimate of drug-likeness (QED) is 0.469. The van der Waals surface area contributed by atoms with Gasteiger partial charge in [0.05, 0.1) is 12.2 Å². The Morgan fingerprint density at radius 2 is 2.25 bits per heavy atom.